The zero-order valence-electron chi connectivity index (χ0n) is 15.2. The van der Waals surface area contributed by atoms with Gasteiger partial charge in [-0.3, -0.25) is 15.5 Å². The zero-order valence-corrected chi connectivity index (χ0v) is 16.8. The number of hydrogen-bond acceptors (Lipinski definition) is 5. The summed E-state index contributed by atoms with van der Waals surface area (Å²) in [7, 11) is 0. The van der Waals surface area contributed by atoms with Crippen LogP contribution in [0.4, 0.5) is 11.5 Å². The minimum atomic E-state index is -0.486. The Labute approximate surface area is 175 Å². The van der Waals surface area contributed by atoms with Gasteiger partial charge in [0.1, 0.15) is 12.0 Å². The molecule has 0 aliphatic carbocycles. The maximum absolute atomic E-state index is 10.7. The Balaban J connectivity index is 1.56. The fourth-order valence-electron chi connectivity index (χ4n) is 3.02. The van der Waals surface area contributed by atoms with Crippen molar-refractivity contribution in [3.63, 3.8) is 0 Å². The molecule has 0 unspecified atom stereocenters. The number of aromatic nitrogens is 2. The maximum atomic E-state index is 10.7. The average molecular weight is 450 g/mol. The lowest BCUT2D eigenvalue weighted by molar-refractivity contribution is -0.385. The van der Waals surface area contributed by atoms with Gasteiger partial charge in [-0.1, -0.05) is 46.3 Å². The molecule has 1 N–H and O–H groups in total. The maximum Gasteiger partial charge on any atom is 0.287 e. The van der Waals surface area contributed by atoms with Crippen LogP contribution in [0.25, 0.3) is 10.9 Å². The molecule has 0 radical (unpaired) electrons. The second kappa shape index (κ2) is 8.24. The van der Waals surface area contributed by atoms with Crippen LogP contribution >= 0.6 is 15.9 Å². The van der Waals surface area contributed by atoms with Crippen LogP contribution < -0.4 is 5.43 Å². The van der Waals surface area contributed by atoms with Crippen LogP contribution in [0.2, 0.25) is 0 Å². The van der Waals surface area contributed by atoms with Gasteiger partial charge in [0.05, 0.1) is 11.1 Å². The third-order valence-electron chi connectivity index (χ3n) is 4.43. The van der Waals surface area contributed by atoms with E-state index < -0.39 is 4.92 Å². The fraction of sp³-hybridized carbons (Fsp3) is 0.0476. The van der Waals surface area contributed by atoms with Gasteiger partial charge in [-0.15, -0.1) is 0 Å². The molecule has 0 atom stereocenters. The highest BCUT2D eigenvalue weighted by Crippen LogP contribution is 2.22. The topological polar surface area (TPSA) is 85.4 Å². The summed E-state index contributed by atoms with van der Waals surface area (Å²) in [5.74, 6) is 0.436. The summed E-state index contributed by atoms with van der Waals surface area (Å²) in [6, 6.07) is 19.3. The van der Waals surface area contributed by atoms with Gasteiger partial charge in [-0.25, -0.2) is 4.98 Å². The number of fused-ring (bicyclic) bond motifs is 1. The van der Waals surface area contributed by atoms with Crippen molar-refractivity contribution in [2.45, 2.75) is 6.54 Å². The third-order valence-corrected chi connectivity index (χ3v) is 4.96. The van der Waals surface area contributed by atoms with E-state index in [1.54, 1.807) is 6.21 Å². The molecule has 4 rings (SSSR count). The van der Waals surface area contributed by atoms with E-state index >= 15 is 0 Å². The first-order chi connectivity index (χ1) is 14.1. The molecule has 0 saturated carbocycles. The van der Waals surface area contributed by atoms with Crippen molar-refractivity contribution in [3.05, 3.63) is 98.8 Å². The van der Waals surface area contributed by atoms with Crippen LogP contribution in [0, 0.1) is 10.1 Å². The van der Waals surface area contributed by atoms with E-state index in [-0.39, 0.29) is 5.69 Å². The first kappa shape index (κ1) is 18.8. The van der Waals surface area contributed by atoms with Crippen LogP contribution in [-0.2, 0) is 6.54 Å². The lowest BCUT2D eigenvalue weighted by Gasteiger charge is -2.05. The third kappa shape index (κ3) is 4.33. The van der Waals surface area contributed by atoms with Gasteiger partial charge in [-0.2, -0.15) is 5.10 Å². The van der Waals surface area contributed by atoms with E-state index in [9.17, 15) is 10.1 Å². The van der Waals surface area contributed by atoms with E-state index in [4.69, 9.17) is 0 Å². The predicted octanol–water partition coefficient (Wildman–Crippen LogP) is 5.20. The van der Waals surface area contributed by atoms with Gasteiger partial charge >= 0.3 is 0 Å². The SMILES string of the molecule is O=[N+]([O-])c1ccc(N/N=C\c2cn(Cc3ccc(Br)cc3)c3ccccc23)nc1. The summed E-state index contributed by atoms with van der Waals surface area (Å²) in [6.07, 6.45) is 4.98. The standard InChI is InChI=1S/C21H16BrN5O2/c22-17-7-5-15(6-8-17)13-26-14-16(19-3-1-2-4-20(19)26)11-24-25-21-10-9-18(12-23-21)27(28)29/h1-12,14H,13H2,(H,23,25)/b24-11-. The predicted molar refractivity (Wildman–Crippen MR) is 117 cm³/mol. The Morgan fingerprint density at radius 2 is 1.93 bits per heavy atom. The fourth-order valence-corrected chi connectivity index (χ4v) is 3.29. The molecule has 0 aliphatic heterocycles. The summed E-state index contributed by atoms with van der Waals surface area (Å²) in [5.41, 5.74) is 6.03. The van der Waals surface area contributed by atoms with Crippen molar-refractivity contribution in [2.24, 2.45) is 5.10 Å². The summed E-state index contributed by atoms with van der Waals surface area (Å²) in [4.78, 5) is 14.2. The van der Waals surface area contributed by atoms with Crippen molar-refractivity contribution < 1.29 is 4.92 Å². The molecular formula is C21H16BrN5O2. The van der Waals surface area contributed by atoms with E-state index in [0.29, 0.717) is 5.82 Å². The minimum absolute atomic E-state index is 0.0597. The number of para-hydroxylation sites is 1. The van der Waals surface area contributed by atoms with Gasteiger partial charge in [0.2, 0.25) is 0 Å². The molecule has 2 heterocycles. The van der Waals surface area contributed by atoms with Crippen LogP contribution in [0.15, 0.2) is 82.6 Å². The van der Waals surface area contributed by atoms with Gasteiger partial charge in [-0.05, 0) is 29.8 Å². The highest BCUT2D eigenvalue weighted by atomic mass is 79.9. The number of nitrogens with zero attached hydrogens (tertiary/aromatic N) is 4. The molecule has 0 aliphatic rings. The Hall–Kier alpha value is -3.52. The zero-order chi connectivity index (χ0) is 20.2. The summed E-state index contributed by atoms with van der Waals surface area (Å²) in [6.45, 7) is 0.749. The summed E-state index contributed by atoms with van der Waals surface area (Å²) < 4.78 is 3.24. The molecule has 0 bridgehead atoms. The lowest BCUT2D eigenvalue weighted by Crippen LogP contribution is -1.97. The van der Waals surface area contributed by atoms with Crippen molar-refractivity contribution in [1.82, 2.24) is 9.55 Å². The van der Waals surface area contributed by atoms with Crippen molar-refractivity contribution in [2.75, 3.05) is 5.43 Å². The molecule has 4 aromatic rings. The van der Waals surface area contributed by atoms with Gasteiger partial charge in [0.25, 0.3) is 5.69 Å². The smallest absolute Gasteiger partial charge is 0.287 e. The minimum Gasteiger partial charge on any atom is -0.342 e. The molecule has 7 nitrogen and oxygen atoms in total. The molecule has 2 aromatic carbocycles. The molecule has 144 valence electrons. The first-order valence-electron chi connectivity index (χ1n) is 8.82. The van der Waals surface area contributed by atoms with Crippen LogP contribution in [0.3, 0.4) is 0 Å². The lowest BCUT2D eigenvalue weighted by atomic mass is 10.2. The molecule has 0 fully saturated rings. The van der Waals surface area contributed by atoms with Gasteiger partial charge in [0.15, 0.2) is 0 Å². The Kier molecular flexibility index (Phi) is 5.35. The van der Waals surface area contributed by atoms with Crippen molar-refractivity contribution >= 4 is 44.6 Å². The molecule has 29 heavy (non-hydrogen) atoms. The quantitative estimate of drug-likeness (QED) is 0.249. The van der Waals surface area contributed by atoms with Crippen LogP contribution in [0.5, 0.6) is 0 Å². The second-order valence-electron chi connectivity index (χ2n) is 6.38. The van der Waals surface area contributed by atoms with E-state index in [1.807, 2.05) is 24.3 Å². The molecule has 0 spiro atoms. The molecule has 0 saturated heterocycles. The number of pyridine rings is 1. The van der Waals surface area contributed by atoms with Gasteiger partial charge < -0.3 is 4.57 Å². The number of benzene rings is 2. The number of hydrogen-bond donors (Lipinski definition) is 1. The molecule has 2 aromatic heterocycles. The second-order valence-corrected chi connectivity index (χ2v) is 7.30. The summed E-state index contributed by atoms with van der Waals surface area (Å²) >= 11 is 3.46. The molecule has 8 heteroatoms. The number of halogens is 1. The highest BCUT2D eigenvalue weighted by Gasteiger charge is 2.08. The van der Waals surface area contributed by atoms with Crippen molar-refractivity contribution in [3.8, 4) is 0 Å². The highest BCUT2D eigenvalue weighted by molar-refractivity contribution is 9.10. The van der Waals surface area contributed by atoms with Crippen LogP contribution in [-0.4, -0.2) is 20.7 Å². The number of anilines is 1. The van der Waals surface area contributed by atoms with E-state index in [2.05, 4.69) is 66.5 Å². The van der Waals surface area contributed by atoms with Crippen molar-refractivity contribution in [1.29, 1.82) is 0 Å². The number of nitrogens with one attached hydrogen (secondary N) is 1. The Bertz CT molecular complexity index is 1180. The average Bonchev–Trinajstić information content (AvgIpc) is 3.08. The first-order valence-corrected chi connectivity index (χ1v) is 9.61. The Morgan fingerprint density at radius 1 is 1.14 bits per heavy atom. The number of rotatable bonds is 6. The Morgan fingerprint density at radius 3 is 2.66 bits per heavy atom. The van der Waals surface area contributed by atoms with E-state index in [0.717, 1.165) is 27.5 Å². The van der Waals surface area contributed by atoms with E-state index in [1.165, 1.54) is 23.9 Å². The van der Waals surface area contributed by atoms with Gasteiger partial charge in [0, 0.05) is 39.7 Å². The molecular weight excluding hydrogens is 434 g/mol. The largest absolute Gasteiger partial charge is 0.342 e. The monoisotopic (exact) mass is 449 g/mol. The van der Waals surface area contributed by atoms with Crippen LogP contribution in [0.1, 0.15) is 11.1 Å². The molecule has 0 amide bonds. The summed E-state index contributed by atoms with van der Waals surface area (Å²) in [5, 5.41) is 16.0. The number of nitro groups is 1. The number of hydrazone groups is 1. The normalized spacial score (nSPS) is 11.2.